The van der Waals surface area contributed by atoms with Crippen LogP contribution in [0.2, 0.25) is 0 Å². The van der Waals surface area contributed by atoms with Crippen LogP contribution < -0.4 is 15.0 Å². The molecule has 3 aromatic rings. The Labute approximate surface area is 252 Å². The molecule has 1 fully saturated rings. The summed E-state index contributed by atoms with van der Waals surface area (Å²) in [7, 11) is 0. The van der Waals surface area contributed by atoms with Gasteiger partial charge in [-0.3, -0.25) is 5.32 Å². The summed E-state index contributed by atoms with van der Waals surface area (Å²) in [6.45, 7) is 9.61. The van der Waals surface area contributed by atoms with Crippen molar-refractivity contribution in [1.29, 1.82) is 0 Å². The van der Waals surface area contributed by atoms with E-state index in [2.05, 4.69) is 37.2 Å². The van der Waals surface area contributed by atoms with E-state index in [1.807, 2.05) is 98.5 Å². The minimum Gasteiger partial charge on any atom is -0.488 e. The van der Waals surface area contributed by atoms with Crippen molar-refractivity contribution in [2.75, 3.05) is 18.1 Å². The number of hydrogen-bond donors (Lipinski definition) is 1. The third kappa shape index (κ3) is 5.92. The molecule has 1 aliphatic rings. The van der Waals surface area contributed by atoms with E-state index in [-0.39, 0.29) is 18.8 Å². The van der Waals surface area contributed by atoms with E-state index in [0.717, 1.165) is 25.8 Å². The van der Waals surface area contributed by atoms with Crippen LogP contribution in [0.15, 0.2) is 81.7 Å². The summed E-state index contributed by atoms with van der Waals surface area (Å²) in [5, 5.41) is 3.40. The zero-order chi connectivity index (χ0) is 29.1. The van der Waals surface area contributed by atoms with Crippen LogP contribution in [0.4, 0.5) is 5.69 Å². The Bertz CT molecular complexity index is 1340. The molecule has 2 atom stereocenters. The molecule has 3 aromatic carbocycles. The lowest BCUT2D eigenvalue weighted by Gasteiger charge is -2.36. The number of nitrogens with zero attached hydrogens (tertiary/aromatic N) is 1. The van der Waals surface area contributed by atoms with Crippen LogP contribution in [0.1, 0.15) is 58.0 Å². The fourth-order valence-corrected chi connectivity index (χ4v) is 5.98. The van der Waals surface area contributed by atoms with E-state index in [4.69, 9.17) is 14.2 Å². The fourth-order valence-electron chi connectivity index (χ4n) is 4.98. The third-order valence-electron chi connectivity index (χ3n) is 6.48. The van der Waals surface area contributed by atoms with Crippen molar-refractivity contribution in [1.82, 2.24) is 5.32 Å². The number of halogens is 2. The van der Waals surface area contributed by atoms with Gasteiger partial charge in [-0.1, -0.05) is 68.3 Å². The molecular formula is C31H34Br2N2O5. The van der Waals surface area contributed by atoms with Crippen molar-refractivity contribution >= 4 is 49.5 Å². The lowest BCUT2D eigenvalue weighted by Crippen LogP contribution is -2.60. The van der Waals surface area contributed by atoms with Gasteiger partial charge in [0, 0.05) is 20.2 Å². The number of carbonyl (C=O) groups is 2. The lowest BCUT2D eigenvalue weighted by molar-refractivity contribution is -0.166. The number of nitrogens with one attached hydrogen (secondary N) is 1. The van der Waals surface area contributed by atoms with Gasteiger partial charge in [0.05, 0.1) is 19.3 Å². The normalized spacial score (nSPS) is 18.3. The van der Waals surface area contributed by atoms with Gasteiger partial charge in [-0.25, -0.2) is 9.59 Å². The maximum Gasteiger partial charge on any atom is 0.340 e. The Morgan fingerprint density at radius 3 is 1.80 bits per heavy atom. The van der Waals surface area contributed by atoms with Crippen molar-refractivity contribution in [3.8, 4) is 5.75 Å². The average Bonchev–Trinajstić information content (AvgIpc) is 3.26. The molecule has 0 aliphatic carbocycles. The molecule has 1 aliphatic heterocycles. The van der Waals surface area contributed by atoms with E-state index in [1.165, 1.54) is 0 Å². The fraction of sp³-hybridized carbons (Fsp3) is 0.355. The molecule has 1 N–H and O–H groups in total. The van der Waals surface area contributed by atoms with E-state index < -0.39 is 29.7 Å². The zero-order valence-electron chi connectivity index (χ0n) is 23.2. The smallest absolute Gasteiger partial charge is 0.340 e. The van der Waals surface area contributed by atoms with Gasteiger partial charge in [-0.15, -0.1) is 0 Å². The molecule has 0 unspecified atom stereocenters. The van der Waals surface area contributed by atoms with Gasteiger partial charge in [-0.05, 0) is 76.6 Å². The van der Waals surface area contributed by atoms with Gasteiger partial charge in [0.1, 0.15) is 17.5 Å². The van der Waals surface area contributed by atoms with Crippen LogP contribution >= 0.6 is 31.9 Å². The highest BCUT2D eigenvalue weighted by Gasteiger charge is 2.65. The highest BCUT2D eigenvalue weighted by atomic mass is 79.9. The summed E-state index contributed by atoms with van der Waals surface area (Å²) < 4.78 is 18.8. The number of hydrogen-bond acceptors (Lipinski definition) is 7. The van der Waals surface area contributed by atoms with Gasteiger partial charge in [0.2, 0.25) is 5.54 Å². The van der Waals surface area contributed by atoms with Crippen LogP contribution in [0, 0.1) is 0 Å². The summed E-state index contributed by atoms with van der Waals surface area (Å²) in [6.07, 6.45) is -0.615. The maximum absolute atomic E-state index is 14.0. The van der Waals surface area contributed by atoms with Crippen molar-refractivity contribution in [3.63, 3.8) is 0 Å². The van der Waals surface area contributed by atoms with Crippen LogP contribution in [0.5, 0.6) is 5.75 Å². The molecular weight excluding hydrogens is 640 g/mol. The molecule has 0 radical (unpaired) electrons. The van der Waals surface area contributed by atoms with Gasteiger partial charge in [0.15, 0.2) is 0 Å². The number of anilines is 1. The predicted octanol–water partition coefficient (Wildman–Crippen LogP) is 7.10. The molecule has 40 heavy (non-hydrogen) atoms. The first-order valence-electron chi connectivity index (χ1n) is 13.2. The molecule has 1 saturated heterocycles. The second-order valence-electron chi connectivity index (χ2n) is 10.4. The van der Waals surface area contributed by atoms with Gasteiger partial charge >= 0.3 is 11.9 Å². The van der Waals surface area contributed by atoms with Gasteiger partial charge < -0.3 is 19.1 Å². The standard InChI is InChI=1S/C31H34Br2N2O5/c1-6-38-28(36)31(29(37)39-7-2)26(22-12-8-10-14-24(22)32)35(27(34-31)23-13-9-11-15-25(23)33)20-16-18-21(19-17-20)40-30(3,4)5/h8-19,26-27,34H,6-7H2,1-5H3/t26-,27+/m0/s1. The molecule has 0 aromatic heterocycles. The number of rotatable bonds is 8. The molecule has 7 nitrogen and oxygen atoms in total. The van der Waals surface area contributed by atoms with Crippen LogP contribution in [0.25, 0.3) is 0 Å². The number of esters is 2. The van der Waals surface area contributed by atoms with E-state index >= 15 is 0 Å². The van der Waals surface area contributed by atoms with Crippen molar-refractivity contribution in [3.05, 3.63) is 92.9 Å². The van der Waals surface area contributed by atoms with Crippen LogP contribution in [0.3, 0.4) is 0 Å². The van der Waals surface area contributed by atoms with Gasteiger partial charge in [-0.2, -0.15) is 0 Å². The Morgan fingerprint density at radius 1 is 0.825 bits per heavy atom. The van der Waals surface area contributed by atoms with Crippen molar-refractivity contribution in [2.45, 2.75) is 58.0 Å². The van der Waals surface area contributed by atoms with Crippen LogP contribution in [-0.2, 0) is 19.1 Å². The molecule has 0 spiro atoms. The summed E-state index contributed by atoms with van der Waals surface area (Å²) in [5.41, 5.74) is 0.0850. The number of benzene rings is 3. The van der Waals surface area contributed by atoms with E-state index in [1.54, 1.807) is 13.8 Å². The minimum atomic E-state index is -1.88. The first-order chi connectivity index (χ1) is 19.0. The van der Waals surface area contributed by atoms with E-state index in [0.29, 0.717) is 5.75 Å². The van der Waals surface area contributed by atoms with Crippen molar-refractivity contribution < 1.29 is 23.8 Å². The Morgan fingerprint density at radius 2 is 1.32 bits per heavy atom. The molecule has 212 valence electrons. The zero-order valence-corrected chi connectivity index (χ0v) is 26.4. The Kier molecular flexibility index (Phi) is 9.27. The Balaban J connectivity index is 2.01. The van der Waals surface area contributed by atoms with Gasteiger partial charge in [0.25, 0.3) is 0 Å². The summed E-state index contributed by atoms with van der Waals surface area (Å²) in [6, 6.07) is 22.1. The summed E-state index contributed by atoms with van der Waals surface area (Å²) in [5.74, 6) is -0.705. The quantitative estimate of drug-likeness (QED) is 0.202. The molecule has 4 rings (SSSR count). The maximum atomic E-state index is 14.0. The topological polar surface area (TPSA) is 77.1 Å². The van der Waals surface area contributed by atoms with Crippen LogP contribution in [-0.4, -0.2) is 36.3 Å². The third-order valence-corrected chi connectivity index (χ3v) is 7.93. The summed E-state index contributed by atoms with van der Waals surface area (Å²) >= 11 is 7.37. The Hall–Kier alpha value is -2.88. The highest BCUT2D eigenvalue weighted by molar-refractivity contribution is 9.10. The highest BCUT2D eigenvalue weighted by Crippen LogP contribution is 2.51. The molecule has 1 heterocycles. The first-order valence-corrected chi connectivity index (χ1v) is 14.8. The SMILES string of the molecule is CCOC(=O)C1(C(=O)OCC)N[C@@H](c2ccccc2Br)N(c2ccc(OC(C)(C)C)cc2)[C@H]1c1ccccc1Br. The molecule has 0 bridgehead atoms. The van der Waals surface area contributed by atoms with E-state index in [9.17, 15) is 9.59 Å². The predicted molar refractivity (Wildman–Crippen MR) is 162 cm³/mol. The number of carbonyl (C=O) groups excluding carboxylic acids is 2. The molecule has 0 amide bonds. The second-order valence-corrected chi connectivity index (χ2v) is 12.1. The minimum absolute atomic E-state index is 0.100. The van der Waals surface area contributed by atoms with Crippen molar-refractivity contribution in [2.24, 2.45) is 0 Å². The second kappa shape index (κ2) is 12.3. The lowest BCUT2D eigenvalue weighted by atomic mass is 9.85. The average molecular weight is 674 g/mol. The first kappa shape index (κ1) is 30.1. The monoisotopic (exact) mass is 672 g/mol. The summed E-state index contributed by atoms with van der Waals surface area (Å²) in [4.78, 5) is 30.0. The molecule has 9 heteroatoms. The molecule has 0 saturated carbocycles. The number of ether oxygens (including phenoxy) is 3. The largest absolute Gasteiger partial charge is 0.488 e.